The molecular formula is C17H20BrN. The number of nitrogens with one attached hydrogen (secondary N) is 1. The molecule has 0 aromatic heterocycles. The Hall–Kier alpha value is -1.12. The lowest BCUT2D eigenvalue weighted by Gasteiger charge is -2.21. The van der Waals surface area contributed by atoms with Gasteiger partial charge in [-0.3, -0.25) is 0 Å². The molecule has 0 spiro atoms. The van der Waals surface area contributed by atoms with Crippen molar-refractivity contribution in [1.29, 1.82) is 0 Å². The summed E-state index contributed by atoms with van der Waals surface area (Å²) in [6.07, 6.45) is 0. The Labute approximate surface area is 124 Å². The summed E-state index contributed by atoms with van der Waals surface area (Å²) in [6, 6.07) is 17.9. The zero-order chi connectivity index (χ0) is 13.8. The highest BCUT2D eigenvalue weighted by atomic mass is 79.9. The molecule has 2 aromatic carbocycles. The van der Waals surface area contributed by atoms with Crippen LogP contribution >= 0.6 is 15.9 Å². The molecule has 0 aliphatic carbocycles. The predicted molar refractivity (Wildman–Crippen MR) is 85.3 cm³/mol. The summed E-state index contributed by atoms with van der Waals surface area (Å²) in [7, 11) is 0. The van der Waals surface area contributed by atoms with E-state index >= 15 is 0 Å². The van der Waals surface area contributed by atoms with E-state index in [-0.39, 0.29) is 0 Å². The van der Waals surface area contributed by atoms with Gasteiger partial charge in [-0.1, -0.05) is 57.9 Å². The van der Waals surface area contributed by atoms with E-state index in [2.05, 4.69) is 90.5 Å². The number of hydrogen-bond donors (Lipinski definition) is 1. The van der Waals surface area contributed by atoms with Crippen LogP contribution < -0.4 is 5.32 Å². The first kappa shape index (κ1) is 14.3. The van der Waals surface area contributed by atoms with Crippen molar-refractivity contribution >= 4 is 15.9 Å². The van der Waals surface area contributed by atoms with Crippen LogP contribution in [-0.4, -0.2) is 0 Å². The third-order valence-corrected chi connectivity index (χ3v) is 3.98. The largest absolute Gasteiger partial charge is 0.304 e. The maximum absolute atomic E-state index is 3.64. The molecule has 0 saturated heterocycles. The average molecular weight is 318 g/mol. The van der Waals surface area contributed by atoms with Crippen molar-refractivity contribution < 1.29 is 0 Å². The van der Waals surface area contributed by atoms with Crippen molar-refractivity contribution in [3.8, 4) is 0 Å². The van der Waals surface area contributed by atoms with E-state index in [0.29, 0.717) is 12.1 Å². The molecule has 1 nitrogen and oxygen atoms in total. The summed E-state index contributed by atoms with van der Waals surface area (Å²) in [4.78, 5) is 0. The average Bonchev–Trinajstić information content (AvgIpc) is 2.40. The third kappa shape index (κ3) is 3.92. The standard InChI is InChI=1S/C17H20BrN/c1-12-4-6-15(7-5-12)13(2)19-14(3)16-8-10-17(18)11-9-16/h4-11,13-14,19H,1-3H3/t13?,14-/m1/s1. The highest BCUT2D eigenvalue weighted by Gasteiger charge is 2.10. The van der Waals surface area contributed by atoms with Gasteiger partial charge in [-0.2, -0.15) is 0 Å². The Bertz CT molecular complexity index is 466. The van der Waals surface area contributed by atoms with Gasteiger partial charge < -0.3 is 5.32 Å². The Morgan fingerprint density at radius 2 is 1.21 bits per heavy atom. The van der Waals surface area contributed by atoms with E-state index in [1.54, 1.807) is 0 Å². The topological polar surface area (TPSA) is 12.0 Å². The first-order valence-electron chi connectivity index (χ1n) is 6.64. The Morgan fingerprint density at radius 3 is 1.68 bits per heavy atom. The maximum Gasteiger partial charge on any atom is 0.0297 e. The van der Waals surface area contributed by atoms with Crippen LogP contribution in [-0.2, 0) is 0 Å². The summed E-state index contributed by atoms with van der Waals surface area (Å²) in [5.41, 5.74) is 3.94. The quantitative estimate of drug-likeness (QED) is 0.820. The SMILES string of the molecule is Cc1ccc(C(C)N[C@H](C)c2ccc(Br)cc2)cc1. The van der Waals surface area contributed by atoms with Crippen molar-refractivity contribution in [3.63, 3.8) is 0 Å². The van der Waals surface area contributed by atoms with Gasteiger partial charge in [0.25, 0.3) is 0 Å². The molecule has 0 bridgehead atoms. The lowest BCUT2D eigenvalue weighted by molar-refractivity contribution is 0.494. The van der Waals surface area contributed by atoms with Crippen molar-refractivity contribution in [1.82, 2.24) is 5.32 Å². The van der Waals surface area contributed by atoms with E-state index in [1.165, 1.54) is 16.7 Å². The second-order valence-corrected chi connectivity index (χ2v) is 5.99. The van der Waals surface area contributed by atoms with Gasteiger partial charge in [0.1, 0.15) is 0 Å². The molecule has 0 heterocycles. The number of rotatable bonds is 4. The second kappa shape index (κ2) is 6.36. The molecule has 0 fully saturated rings. The first-order chi connectivity index (χ1) is 9.06. The van der Waals surface area contributed by atoms with Crippen LogP contribution in [0.4, 0.5) is 0 Å². The van der Waals surface area contributed by atoms with Gasteiger partial charge >= 0.3 is 0 Å². The number of hydrogen-bond acceptors (Lipinski definition) is 1. The van der Waals surface area contributed by atoms with Crippen LogP contribution in [0.25, 0.3) is 0 Å². The van der Waals surface area contributed by atoms with Gasteiger partial charge in [-0.05, 0) is 44.0 Å². The molecule has 2 aromatic rings. The third-order valence-electron chi connectivity index (χ3n) is 3.45. The monoisotopic (exact) mass is 317 g/mol. The Balaban J connectivity index is 2.03. The van der Waals surface area contributed by atoms with Crippen LogP contribution in [0, 0.1) is 6.92 Å². The Morgan fingerprint density at radius 1 is 0.789 bits per heavy atom. The van der Waals surface area contributed by atoms with Crippen LogP contribution in [0.15, 0.2) is 53.0 Å². The number of aryl methyl sites for hydroxylation is 1. The van der Waals surface area contributed by atoms with Gasteiger partial charge in [0.05, 0.1) is 0 Å². The van der Waals surface area contributed by atoms with Crippen LogP contribution in [0.1, 0.15) is 42.6 Å². The molecule has 2 heteroatoms. The fourth-order valence-corrected chi connectivity index (χ4v) is 2.44. The minimum absolute atomic E-state index is 0.337. The molecule has 19 heavy (non-hydrogen) atoms. The molecule has 0 saturated carbocycles. The van der Waals surface area contributed by atoms with Crippen molar-refractivity contribution in [2.24, 2.45) is 0 Å². The van der Waals surface area contributed by atoms with Crippen molar-refractivity contribution in [2.45, 2.75) is 32.9 Å². The second-order valence-electron chi connectivity index (χ2n) is 5.07. The molecule has 0 amide bonds. The van der Waals surface area contributed by atoms with E-state index in [0.717, 1.165) is 4.47 Å². The highest BCUT2D eigenvalue weighted by molar-refractivity contribution is 9.10. The van der Waals surface area contributed by atoms with Gasteiger partial charge in [-0.15, -0.1) is 0 Å². The van der Waals surface area contributed by atoms with Crippen molar-refractivity contribution in [2.75, 3.05) is 0 Å². The fourth-order valence-electron chi connectivity index (χ4n) is 2.17. The Kier molecular flexibility index (Phi) is 4.78. The normalized spacial score (nSPS) is 14.1. The van der Waals surface area contributed by atoms with Crippen LogP contribution in [0.5, 0.6) is 0 Å². The van der Waals surface area contributed by atoms with Crippen LogP contribution in [0.3, 0.4) is 0 Å². The summed E-state index contributed by atoms with van der Waals surface area (Å²) in [5.74, 6) is 0. The first-order valence-corrected chi connectivity index (χ1v) is 7.43. The predicted octanol–water partition coefficient (Wildman–Crippen LogP) is 5.17. The lowest BCUT2D eigenvalue weighted by atomic mass is 10.0. The molecule has 2 rings (SSSR count). The van der Waals surface area contributed by atoms with E-state index in [4.69, 9.17) is 0 Å². The maximum atomic E-state index is 3.64. The van der Waals surface area contributed by atoms with Crippen molar-refractivity contribution in [3.05, 3.63) is 69.7 Å². The van der Waals surface area contributed by atoms with Crippen LogP contribution in [0.2, 0.25) is 0 Å². The van der Waals surface area contributed by atoms with E-state index in [1.807, 2.05) is 0 Å². The van der Waals surface area contributed by atoms with Gasteiger partial charge in [0.15, 0.2) is 0 Å². The summed E-state index contributed by atoms with van der Waals surface area (Å²) in [6.45, 7) is 6.53. The summed E-state index contributed by atoms with van der Waals surface area (Å²) >= 11 is 3.47. The van der Waals surface area contributed by atoms with E-state index in [9.17, 15) is 0 Å². The molecular weight excluding hydrogens is 298 g/mol. The highest BCUT2D eigenvalue weighted by Crippen LogP contribution is 2.21. The van der Waals surface area contributed by atoms with E-state index < -0.39 is 0 Å². The fraction of sp³-hybridized carbons (Fsp3) is 0.294. The van der Waals surface area contributed by atoms with Gasteiger partial charge in [0.2, 0.25) is 0 Å². The minimum atomic E-state index is 0.337. The van der Waals surface area contributed by atoms with Gasteiger partial charge in [0, 0.05) is 16.6 Å². The molecule has 0 aliphatic rings. The molecule has 0 radical (unpaired) electrons. The molecule has 0 aliphatic heterocycles. The molecule has 100 valence electrons. The zero-order valence-electron chi connectivity index (χ0n) is 11.7. The number of halogens is 1. The molecule has 2 atom stereocenters. The summed E-state index contributed by atoms with van der Waals surface area (Å²) in [5, 5.41) is 3.64. The molecule has 1 N–H and O–H groups in total. The number of benzene rings is 2. The molecule has 1 unspecified atom stereocenters. The van der Waals surface area contributed by atoms with Gasteiger partial charge in [-0.25, -0.2) is 0 Å². The minimum Gasteiger partial charge on any atom is -0.304 e. The zero-order valence-corrected chi connectivity index (χ0v) is 13.2. The summed E-state index contributed by atoms with van der Waals surface area (Å²) < 4.78 is 1.12. The smallest absolute Gasteiger partial charge is 0.0297 e. The lowest BCUT2D eigenvalue weighted by Crippen LogP contribution is -2.22.